The lowest BCUT2D eigenvalue weighted by Gasteiger charge is -2.15. The highest BCUT2D eigenvalue weighted by molar-refractivity contribution is 5.92. The van der Waals surface area contributed by atoms with Crippen molar-refractivity contribution >= 4 is 11.9 Å². The Bertz CT molecular complexity index is 929. The van der Waals surface area contributed by atoms with Gasteiger partial charge >= 0.3 is 0 Å². The number of anilines is 1. The standard InChI is InChI=1S/C22H23FN4O/c1-15-14-20(21(28)24-13-12-17-8-10-19(23)11-9-17)27-22(25-15)26-16(2)18-6-4-3-5-7-18/h3-11,14,16H,12-13H2,1-2H3,(H,24,28)(H,25,26,27). The average Bonchev–Trinajstić information content (AvgIpc) is 2.69. The van der Waals surface area contributed by atoms with Crippen molar-refractivity contribution in [1.29, 1.82) is 0 Å². The van der Waals surface area contributed by atoms with E-state index in [1.54, 1.807) is 18.2 Å². The van der Waals surface area contributed by atoms with Gasteiger partial charge in [-0.3, -0.25) is 4.79 Å². The van der Waals surface area contributed by atoms with E-state index in [0.29, 0.717) is 30.3 Å². The number of hydrogen-bond acceptors (Lipinski definition) is 4. The zero-order chi connectivity index (χ0) is 19.9. The molecule has 3 aromatic rings. The molecule has 1 unspecified atom stereocenters. The predicted octanol–water partition coefficient (Wildman–Crippen LogP) is 4.07. The van der Waals surface area contributed by atoms with E-state index >= 15 is 0 Å². The SMILES string of the molecule is Cc1cc(C(=O)NCCc2ccc(F)cc2)nc(NC(C)c2ccccc2)n1. The molecule has 6 heteroatoms. The van der Waals surface area contributed by atoms with Gasteiger partial charge in [0.05, 0.1) is 6.04 Å². The molecule has 2 aromatic carbocycles. The van der Waals surface area contributed by atoms with Crippen molar-refractivity contribution < 1.29 is 9.18 Å². The second-order valence-corrected chi connectivity index (χ2v) is 6.63. The van der Waals surface area contributed by atoms with E-state index in [-0.39, 0.29) is 17.8 Å². The topological polar surface area (TPSA) is 66.9 Å². The molecule has 1 heterocycles. The van der Waals surface area contributed by atoms with Crippen LogP contribution in [0.5, 0.6) is 0 Å². The molecule has 0 saturated heterocycles. The number of amides is 1. The Kier molecular flexibility index (Phi) is 6.32. The van der Waals surface area contributed by atoms with Crippen LogP contribution in [-0.4, -0.2) is 22.4 Å². The molecule has 2 N–H and O–H groups in total. The summed E-state index contributed by atoms with van der Waals surface area (Å²) in [4.78, 5) is 21.2. The number of aryl methyl sites for hydroxylation is 1. The summed E-state index contributed by atoms with van der Waals surface area (Å²) in [7, 11) is 0. The second-order valence-electron chi connectivity index (χ2n) is 6.63. The quantitative estimate of drug-likeness (QED) is 0.650. The first-order valence-corrected chi connectivity index (χ1v) is 9.21. The van der Waals surface area contributed by atoms with E-state index < -0.39 is 0 Å². The van der Waals surface area contributed by atoms with Crippen LogP contribution >= 0.6 is 0 Å². The molecule has 0 saturated carbocycles. The first-order chi connectivity index (χ1) is 13.5. The van der Waals surface area contributed by atoms with Gasteiger partial charge in [-0.15, -0.1) is 0 Å². The van der Waals surface area contributed by atoms with Crippen LogP contribution in [0.2, 0.25) is 0 Å². The molecule has 3 rings (SSSR count). The molecule has 0 aliphatic heterocycles. The minimum Gasteiger partial charge on any atom is -0.350 e. The maximum atomic E-state index is 12.9. The summed E-state index contributed by atoms with van der Waals surface area (Å²) in [6.07, 6.45) is 0.617. The van der Waals surface area contributed by atoms with Crippen molar-refractivity contribution in [2.75, 3.05) is 11.9 Å². The predicted molar refractivity (Wildman–Crippen MR) is 108 cm³/mol. The monoisotopic (exact) mass is 378 g/mol. The lowest BCUT2D eigenvalue weighted by molar-refractivity contribution is 0.0949. The van der Waals surface area contributed by atoms with Crippen LogP contribution in [0.15, 0.2) is 60.7 Å². The fraction of sp³-hybridized carbons (Fsp3) is 0.227. The van der Waals surface area contributed by atoms with Crippen molar-refractivity contribution in [3.05, 3.63) is 89.0 Å². The summed E-state index contributed by atoms with van der Waals surface area (Å²) in [5.74, 6) is -0.114. The Labute approximate surface area is 164 Å². The summed E-state index contributed by atoms with van der Waals surface area (Å²) in [6, 6.07) is 17.9. The number of aromatic nitrogens is 2. The molecule has 5 nitrogen and oxygen atoms in total. The minimum absolute atomic E-state index is 0.0115. The third kappa shape index (κ3) is 5.36. The van der Waals surface area contributed by atoms with E-state index in [2.05, 4.69) is 20.6 Å². The van der Waals surface area contributed by atoms with Gasteiger partial charge in [-0.1, -0.05) is 42.5 Å². The Hall–Kier alpha value is -3.28. The maximum absolute atomic E-state index is 12.9. The Morgan fingerprint density at radius 3 is 2.50 bits per heavy atom. The molecule has 0 spiro atoms. The van der Waals surface area contributed by atoms with E-state index in [4.69, 9.17) is 0 Å². The number of benzene rings is 2. The molecule has 0 aliphatic carbocycles. The Morgan fingerprint density at radius 1 is 1.07 bits per heavy atom. The molecular formula is C22H23FN4O. The number of hydrogen-bond donors (Lipinski definition) is 2. The molecule has 1 amide bonds. The van der Waals surface area contributed by atoms with Crippen molar-refractivity contribution in [3.8, 4) is 0 Å². The lowest BCUT2D eigenvalue weighted by atomic mass is 10.1. The molecule has 0 fully saturated rings. The molecule has 144 valence electrons. The van der Waals surface area contributed by atoms with Gasteiger partial charge in [-0.25, -0.2) is 14.4 Å². The van der Waals surface area contributed by atoms with Gasteiger partial charge in [0.15, 0.2) is 0 Å². The van der Waals surface area contributed by atoms with Crippen LogP contribution in [-0.2, 0) is 6.42 Å². The Balaban J connectivity index is 1.61. The van der Waals surface area contributed by atoms with Crippen LogP contribution in [0.1, 0.15) is 40.3 Å². The Morgan fingerprint density at radius 2 is 1.79 bits per heavy atom. The number of halogens is 1. The van der Waals surface area contributed by atoms with Crippen molar-refractivity contribution in [1.82, 2.24) is 15.3 Å². The zero-order valence-electron chi connectivity index (χ0n) is 15.9. The summed E-state index contributed by atoms with van der Waals surface area (Å²) in [5, 5.41) is 6.09. The average molecular weight is 378 g/mol. The molecule has 0 aliphatic rings. The smallest absolute Gasteiger partial charge is 0.270 e. The van der Waals surface area contributed by atoms with E-state index in [9.17, 15) is 9.18 Å². The molecule has 1 aromatic heterocycles. The normalized spacial score (nSPS) is 11.7. The molecule has 0 radical (unpaired) electrons. The van der Waals surface area contributed by atoms with Crippen LogP contribution < -0.4 is 10.6 Å². The van der Waals surface area contributed by atoms with Crippen molar-refractivity contribution in [3.63, 3.8) is 0 Å². The lowest BCUT2D eigenvalue weighted by Crippen LogP contribution is -2.27. The fourth-order valence-corrected chi connectivity index (χ4v) is 2.83. The van der Waals surface area contributed by atoms with Gasteiger partial charge in [0.25, 0.3) is 5.91 Å². The molecular weight excluding hydrogens is 355 g/mol. The van der Waals surface area contributed by atoms with Crippen LogP contribution in [0.3, 0.4) is 0 Å². The van der Waals surface area contributed by atoms with Crippen LogP contribution in [0.4, 0.5) is 10.3 Å². The zero-order valence-corrected chi connectivity index (χ0v) is 15.9. The minimum atomic E-state index is -0.269. The fourth-order valence-electron chi connectivity index (χ4n) is 2.83. The molecule has 28 heavy (non-hydrogen) atoms. The highest BCUT2D eigenvalue weighted by atomic mass is 19.1. The van der Waals surface area contributed by atoms with Gasteiger partial charge in [-0.2, -0.15) is 0 Å². The third-order valence-corrected chi connectivity index (χ3v) is 4.34. The van der Waals surface area contributed by atoms with Crippen molar-refractivity contribution in [2.45, 2.75) is 26.3 Å². The number of rotatable bonds is 7. The van der Waals surface area contributed by atoms with Crippen LogP contribution in [0, 0.1) is 12.7 Å². The largest absolute Gasteiger partial charge is 0.350 e. The van der Waals surface area contributed by atoms with Gasteiger partial charge in [0, 0.05) is 12.2 Å². The number of nitrogens with zero attached hydrogens (tertiary/aromatic N) is 2. The van der Waals surface area contributed by atoms with Gasteiger partial charge < -0.3 is 10.6 Å². The third-order valence-electron chi connectivity index (χ3n) is 4.34. The second kappa shape index (κ2) is 9.08. The maximum Gasteiger partial charge on any atom is 0.270 e. The summed E-state index contributed by atoms with van der Waals surface area (Å²) < 4.78 is 12.9. The number of carbonyl (C=O) groups is 1. The molecule has 1 atom stereocenters. The first kappa shape index (κ1) is 19.5. The number of nitrogens with one attached hydrogen (secondary N) is 2. The highest BCUT2D eigenvalue weighted by Crippen LogP contribution is 2.17. The van der Waals surface area contributed by atoms with E-state index in [1.807, 2.05) is 44.2 Å². The molecule has 0 bridgehead atoms. The van der Waals surface area contributed by atoms with Gasteiger partial charge in [-0.05, 0) is 49.6 Å². The summed E-state index contributed by atoms with van der Waals surface area (Å²) >= 11 is 0. The summed E-state index contributed by atoms with van der Waals surface area (Å²) in [6.45, 7) is 4.29. The first-order valence-electron chi connectivity index (χ1n) is 9.21. The highest BCUT2D eigenvalue weighted by Gasteiger charge is 2.12. The van der Waals surface area contributed by atoms with E-state index in [1.165, 1.54) is 12.1 Å². The van der Waals surface area contributed by atoms with Crippen LogP contribution in [0.25, 0.3) is 0 Å². The van der Waals surface area contributed by atoms with Crippen molar-refractivity contribution in [2.24, 2.45) is 0 Å². The van der Waals surface area contributed by atoms with Gasteiger partial charge in [0.1, 0.15) is 11.5 Å². The number of carbonyl (C=O) groups excluding carboxylic acids is 1. The summed E-state index contributed by atoms with van der Waals surface area (Å²) in [5.41, 5.74) is 3.09. The van der Waals surface area contributed by atoms with Gasteiger partial charge in [0.2, 0.25) is 5.95 Å². The van der Waals surface area contributed by atoms with E-state index in [0.717, 1.165) is 11.1 Å².